The van der Waals surface area contributed by atoms with Crippen molar-refractivity contribution in [2.75, 3.05) is 141 Å². The minimum Gasteiger partial charge on any atom is -0.411 e. The number of aliphatic hydroxyl groups is 2. The van der Waals surface area contributed by atoms with Crippen molar-refractivity contribution in [3.8, 4) is 0 Å². The molecule has 1 fully saturated rings. The predicted molar refractivity (Wildman–Crippen MR) is 229 cm³/mol. The largest absolute Gasteiger partial charge is 0.411 e. The molecular formula is C40H91N3O13Si. The molecule has 0 aliphatic heterocycles. The van der Waals surface area contributed by atoms with E-state index in [1.807, 2.05) is 20.8 Å². The number of hydrogen-bond acceptors (Lipinski definition) is 16. The summed E-state index contributed by atoms with van der Waals surface area (Å²) in [5.41, 5.74) is 0. The lowest BCUT2D eigenvalue weighted by Gasteiger charge is -2.17. The van der Waals surface area contributed by atoms with Gasteiger partial charge in [0.05, 0.1) is 91.5 Å². The van der Waals surface area contributed by atoms with E-state index in [-0.39, 0.29) is 24.8 Å². The molecule has 0 amide bonds. The molecule has 1 rings (SSSR count). The summed E-state index contributed by atoms with van der Waals surface area (Å²) in [5, 5.41) is 28.8. The second kappa shape index (κ2) is 45.1. The molecule has 16 nitrogen and oxygen atoms in total. The predicted octanol–water partition coefficient (Wildman–Crippen LogP) is 2.19. The number of aliphatic hydroxyl groups excluding tert-OH is 2. The van der Waals surface area contributed by atoms with Crippen molar-refractivity contribution >= 4 is 8.56 Å². The molecule has 0 aromatic carbocycles. The fourth-order valence-corrected chi connectivity index (χ4v) is 4.96. The van der Waals surface area contributed by atoms with Crippen molar-refractivity contribution in [3.63, 3.8) is 0 Å². The van der Waals surface area contributed by atoms with E-state index >= 15 is 0 Å². The maximum absolute atomic E-state index is 9.73. The second-order valence-corrected chi connectivity index (χ2v) is 18.1. The molecule has 5 atom stereocenters. The van der Waals surface area contributed by atoms with Gasteiger partial charge >= 0.3 is 8.56 Å². The number of nitrogens with one attached hydrogen (secondary N) is 3. The number of hydrogen-bond donors (Lipinski definition) is 7. The molecule has 0 aromatic heterocycles. The normalized spacial score (nSPS) is 15.4. The van der Waals surface area contributed by atoms with Crippen molar-refractivity contribution in [1.29, 1.82) is 0 Å². The van der Waals surface area contributed by atoms with Crippen molar-refractivity contribution in [2.45, 2.75) is 110 Å². The van der Waals surface area contributed by atoms with Gasteiger partial charge in [0.1, 0.15) is 0 Å². The molecule has 5 unspecified atom stereocenters. The summed E-state index contributed by atoms with van der Waals surface area (Å²) in [7, 11) is 3.70. The zero-order valence-corrected chi connectivity index (χ0v) is 39.1. The highest BCUT2D eigenvalue weighted by atomic mass is 28.4. The maximum Gasteiger partial charge on any atom is 0.329 e. The summed E-state index contributed by atoms with van der Waals surface area (Å²) in [6.07, 6.45) is 3.35. The van der Waals surface area contributed by atoms with Crippen LogP contribution in [0.3, 0.4) is 0 Å². The molecular weight excluding hydrogens is 759 g/mol. The van der Waals surface area contributed by atoms with Crippen LogP contribution in [0, 0.1) is 11.8 Å². The Morgan fingerprint density at radius 1 is 0.544 bits per heavy atom. The van der Waals surface area contributed by atoms with Gasteiger partial charge in [-0.1, -0.05) is 20.8 Å². The standard InChI is InChI=1S/C13H31NO6Si.C10H23NO3.C10H21NO2.C7H16O2/c1-12(10-20-7-6-18-2)14-9-13(15)11-19-5-4-8-21(3,16)17;1-4-10(12)7-11-9(2)8-14-6-5-13-3;1-9(8-13-6-5-12-2)11-7-10-3-4-10;1-7(2)6-9-5-4-8-3/h12-17H,4-11H2,1-3H3;9-12H,4-8H2,1-3H3;9-11H,3-8H2,1-2H3;7H,4-6H2,1-3H3. The second-order valence-electron chi connectivity index (χ2n) is 15.1. The Hall–Kier alpha value is -0.423. The molecule has 348 valence electrons. The minimum atomic E-state index is -2.96. The highest BCUT2D eigenvalue weighted by Crippen LogP contribution is 2.27. The van der Waals surface area contributed by atoms with Gasteiger partial charge in [0.2, 0.25) is 0 Å². The van der Waals surface area contributed by atoms with Gasteiger partial charge in [-0.15, -0.1) is 0 Å². The first-order valence-corrected chi connectivity index (χ1v) is 23.6. The molecule has 1 saturated carbocycles. The molecule has 0 spiro atoms. The third kappa shape index (κ3) is 57.7. The van der Waals surface area contributed by atoms with Crippen LogP contribution in [0.1, 0.15) is 67.2 Å². The van der Waals surface area contributed by atoms with Gasteiger partial charge in [0.15, 0.2) is 0 Å². The van der Waals surface area contributed by atoms with Crippen LogP contribution in [-0.4, -0.2) is 199 Å². The van der Waals surface area contributed by atoms with E-state index in [0.717, 1.165) is 32.1 Å². The molecule has 57 heavy (non-hydrogen) atoms. The van der Waals surface area contributed by atoms with Crippen molar-refractivity contribution < 1.29 is 62.4 Å². The van der Waals surface area contributed by atoms with Gasteiger partial charge in [-0.3, -0.25) is 0 Å². The smallest absolute Gasteiger partial charge is 0.329 e. The highest BCUT2D eigenvalue weighted by Gasteiger charge is 2.21. The molecule has 0 radical (unpaired) electrons. The lowest BCUT2D eigenvalue weighted by molar-refractivity contribution is 0.0301. The van der Waals surface area contributed by atoms with E-state index in [2.05, 4.69) is 36.7 Å². The quantitative estimate of drug-likeness (QED) is 0.0357. The van der Waals surface area contributed by atoms with Crippen LogP contribution < -0.4 is 16.0 Å². The van der Waals surface area contributed by atoms with Gasteiger partial charge in [-0.2, -0.15) is 0 Å². The summed E-state index contributed by atoms with van der Waals surface area (Å²) in [4.78, 5) is 18.5. The van der Waals surface area contributed by atoms with Crippen LogP contribution in [-0.2, 0) is 42.6 Å². The number of ether oxygens (including phenoxy) is 9. The maximum atomic E-state index is 9.73. The van der Waals surface area contributed by atoms with Gasteiger partial charge in [0.25, 0.3) is 0 Å². The van der Waals surface area contributed by atoms with Gasteiger partial charge in [-0.25, -0.2) is 0 Å². The third-order valence-electron chi connectivity index (χ3n) is 7.86. The summed E-state index contributed by atoms with van der Waals surface area (Å²) < 4.78 is 46.0. The summed E-state index contributed by atoms with van der Waals surface area (Å²) in [6.45, 7) is 24.8. The molecule has 1 aliphatic rings. The first kappa shape index (κ1) is 60.9. The van der Waals surface area contributed by atoms with E-state index in [1.54, 1.807) is 28.4 Å². The van der Waals surface area contributed by atoms with Crippen LogP contribution in [0.5, 0.6) is 0 Å². The number of rotatable bonds is 36. The van der Waals surface area contributed by atoms with Crippen LogP contribution in [0.15, 0.2) is 0 Å². The van der Waals surface area contributed by atoms with E-state index in [9.17, 15) is 19.8 Å². The molecule has 17 heteroatoms. The molecule has 0 saturated heterocycles. The Balaban J connectivity index is -0.000000713. The van der Waals surface area contributed by atoms with Crippen molar-refractivity contribution in [3.05, 3.63) is 0 Å². The molecule has 1 aliphatic carbocycles. The van der Waals surface area contributed by atoms with E-state index in [1.165, 1.54) is 19.4 Å². The van der Waals surface area contributed by atoms with Crippen LogP contribution in [0.4, 0.5) is 0 Å². The molecule has 0 heterocycles. The van der Waals surface area contributed by atoms with Crippen LogP contribution in [0.2, 0.25) is 12.6 Å². The fraction of sp³-hybridized carbons (Fsp3) is 1.00. The van der Waals surface area contributed by atoms with E-state index < -0.39 is 14.7 Å². The molecule has 0 aromatic rings. The summed E-state index contributed by atoms with van der Waals surface area (Å²) in [6, 6.07) is 1.27. The zero-order chi connectivity index (χ0) is 43.6. The van der Waals surface area contributed by atoms with Crippen LogP contribution in [0.25, 0.3) is 0 Å². The van der Waals surface area contributed by atoms with E-state index in [0.29, 0.717) is 110 Å². The SMILES string of the molecule is CCC(O)CNC(C)COCCOC.COCCOCC(C)C.COCCOCC(C)NCC(O)COCCC[Si](C)(O)O.COCCOCC(C)NCC1CC1. The first-order chi connectivity index (χ1) is 27.1. The molecule has 7 N–H and O–H groups in total. The fourth-order valence-electron chi connectivity index (χ4n) is 4.14. The Labute approximate surface area is 348 Å². The van der Waals surface area contributed by atoms with Gasteiger partial charge in [0, 0.05) is 72.9 Å². The zero-order valence-electron chi connectivity index (χ0n) is 38.1. The summed E-state index contributed by atoms with van der Waals surface area (Å²) in [5.74, 6) is 1.57. The Kier molecular flexibility index (Phi) is 48.2. The Bertz CT molecular complexity index is 775. The van der Waals surface area contributed by atoms with Crippen molar-refractivity contribution in [2.24, 2.45) is 11.8 Å². The van der Waals surface area contributed by atoms with Gasteiger partial charge < -0.3 is 78.4 Å². The van der Waals surface area contributed by atoms with E-state index in [4.69, 9.17) is 42.6 Å². The average molecular weight is 850 g/mol. The van der Waals surface area contributed by atoms with Crippen LogP contribution >= 0.6 is 0 Å². The minimum absolute atomic E-state index is 0.145. The first-order valence-electron chi connectivity index (χ1n) is 21.0. The summed E-state index contributed by atoms with van der Waals surface area (Å²) >= 11 is 0. The Morgan fingerprint density at radius 2 is 0.930 bits per heavy atom. The lowest BCUT2D eigenvalue weighted by atomic mass is 10.2. The topological polar surface area (TPSA) is 200 Å². The monoisotopic (exact) mass is 850 g/mol. The third-order valence-corrected chi connectivity index (χ3v) is 9.16. The van der Waals surface area contributed by atoms with Gasteiger partial charge in [-0.05, 0) is 77.4 Å². The lowest BCUT2D eigenvalue weighted by Crippen LogP contribution is -2.38. The average Bonchev–Trinajstić information content (AvgIpc) is 4.01. The van der Waals surface area contributed by atoms with Crippen molar-refractivity contribution in [1.82, 2.24) is 16.0 Å². The molecule has 0 bridgehead atoms. The number of methoxy groups -OCH3 is 4. The Morgan fingerprint density at radius 3 is 1.30 bits per heavy atom. The highest BCUT2D eigenvalue weighted by molar-refractivity contribution is 6.63.